The summed E-state index contributed by atoms with van der Waals surface area (Å²) in [7, 11) is -4.31. The summed E-state index contributed by atoms with van der Waals surface area (Å²) in [6.45, 7) is -0.0461. The van der Waals surface area contributed by atoms with Crippen molar-refractivity contribution in [3.63, 3.8) is 0 Å². The highest BCUT2D eigenvalue weighted by Gasteiger charge is 2.50. The first kappa shape index (κ1) is 19.6. The Kier molecular flexibility index (Phi) is 4.83. The Hall–Kier alpha value is -2.37. The Morgan fingerprint density at radius 1 is 1.50 bits per heavy atom. The molecule has 13 heteroatoms. The van der Waals surface area contributed by atoms with E-state index in [1.54, 1.807) is 0 Å². The van der Waals surface area contributed by atoms with E-state index in [0.29, 0.717) is 4.57 Å². The number of phosphoric acid groups is 1. The molecule has 0 spiro atoms. The second-order valence-corrected chi connectivity index (χ2v) is 8.42. The van der Waals surface area contributed by atoms with Crippen LogP contribution in [0, 0.1) is 12.7 Å². The lowest BCUT2D eigenvalue weighted by Crippen LogP contribution is -2.37. The second kappa shape index (κ2) is 7.40. The van der Waals surface area contributed by atoms with Crippen molar-refractivity contribution in [1.29, 1.82) is 0 Å². The summed E-state index contributed by atoms with van der Waals surface area (Å²) in [5, 5.41) is 10.3. The van der Waals surface area contributed by atoms with Crippen molar-refractivity contribution >= 4 is 7.82 Å². The van der Waals surface area contributed by atoms with E-state index in [1.807, 2.05) is 4.98 Å². The number of aromatic amines is 1. The summed E-state index contributed by atoms with van der Waals surface area (Å²) in [4.78, 5) is 25.5. The maximum absolute atomic E-state index is 15.2. The highest BCUT2D eigenvalue weighted by Crippen LogP contribution is 2.55. The Morgan fingerprint density at radius 2 is 2.27 bits per heavy atom. The van der Waals surface area contributed by atoms with Crippen LogP contribution in [0.15, 0.2) is 34.0 Å². The number of aryl methyl sites for hydroxylation is 1. The first-order chi connectivity index (χ1) is 14.4. The molecule has 1 aromatic carbocycles. The molecule has 4 atom stereocenters. The van der Waals surface area contributed by atoms with Crippen LogP contribution < -0.4 is 15.8 Å². The maximum atomic E-state index is 15.2. The number of nitrogens with one attached hydrogen (secondary N) is 1. The number of aliphatic hydroxyl groups excluding tert-OH is 1. The fraction of sp³-hybridized carbons (Fsp3) is 0.412. The number of hydrogen-bond acceptors (Lipinski definition) is 8. The van der Waals surface area contributed by atoms with Crippen LogP contribution in [0.25, 0.3) is 0 Å². The molecule has 30 heavy (non-hydrogen) atoms. The molecule has 0 aliphatic carbocycles. The molecule has 1 fully saturated rings. The van der Waals surface area contributed by atoms with Crippen molar-refractivity contribution < 1.29 is 38.1 Å². The van der Waals surface area contributed by atoms with Crippen LogP contribution in [0.1, 0.15) is 25.1 Å². The molecule has 1 unspecified atom stereocenters. The molecule has 2 aromatic rings. The molecule has 0 amide bonds. The Morgan fingerprint density at radius 3 is 3.03 bits per heavy atom. The zero-order valence-electron chi connectivity index (χ0n) is 16.5. The largest absolute Gasteiger partial charge is 0.530 e. The fourth-order valence-electron chi connectivity index (χ4n) is 2.99. The molecular formula is C17H17F2N2O8P. The topological polar surface area (TPSA) is 129 Å². The van der Waals surface area contributed by atoms with Gasteiger partial charge in [-0.2, -0.15) is 0 Å². The summed E-state index contributed by atoms with van der Waals surface area (Å²) in [5.74, 6) is -3.38. The first-order valence-corrected chi connectivity index (χ1v) is 10.2. The summed E-state index contributed by atoms with van der Waals surface area (Å²) >= 11 is 0. The van der Waals surface area contributed by atoms with Gasteiger partial charge in [-0.1, -0.05) is 0 Å². The van der Waals surface area contributed by atoms with Gasteiger partial charge in [0.15, 0.2) is 6.20 Å². The molecule has 0 bridgehead atoms. The minimum absolute atomic E-state index is 0.0261. The van der Waals surface area contributed by atoms with Crippen LogP contribution in [0.5, 0.6) is 5.75 Å². The summed E-state index contributed by atoms with van der Waals surface area (Å²) in [6, 6.07) is 3.40. The van der Waals surface area contributed by atoms with Crippen LogP contribution in [0.4, 0.5) is 8.78 Å². The average molecular weight is 447 g/mol. The molecule has 4 rings (SSSR count). The average Bonchev–Trinajstić information content (AvgIpc) is 2.93. The normalized spacial score (nSPS) is 33.6. The number of nitrogens with zero attached hydrogens (tertiary/aromatic N) is 1. The molecule has 2 aliphatic heterocycles. The van der Waals surface area contributed by atoms with Crippen LogP contribution in [0.2, 0.25) is 0 Å². The molecule has 0 radical (unpaired) electrons. The number of alkyl halides is 1. The number of halogens is 2. The number of aromatic nitrogens is 2. The summed E-state index contributed by atoms with van der Waals surface area (Å²) < 4.78 is 70.0. The molecular weight excluding hydrogens is 429 g/mol. The Balaban J connectivity index is 1.52. The number of hydrogen-bond donors (Lipinski definition) is 2. The number of rotatable bonds is 4. The second-order valence-electron chi connectivity index (χ2n) is 6.82. The van der Waals surface area contributed by atoms with E-state index in [-0.39, 0.29) is 23.5 Å². The van der Waals surface area contributed by atoms with Gasteiger partial charge in [0.2, 0.25) is 5.85 Å². The quantitative estimate of drug-likeness (QED) is 0.678. The molecule has 162 valence electrons. The van der Waals surface area contributed by atoms with Gasteiger partial charge in [0.1, 0.15) is 24.3 Å². The van der Waals surface area contributed by atoms with E-state index < -0.39 is 56.1 Å². The van der Waals surface area contributed by atoms with Crippen molar-refractivity contribution in [3.8, 4) is 5.75 Å². The maximum Gasteiger partial charge on any atom is 0.530 e. The molecule has 1 aromatic heterocycles. The van der Waals surface area contributed by atoms with E-state index >= 15 is 4.39 Å². The predicted octanol–water partition coefficient (Wildman–Crippen LogP) is 1.66. The number of phosphoric ester groups is 1. The van der Waals surface area contributed by atoms with Crippen LogP contribution >= 0.6 is 7.82 Å². The predicted molar refractivity (Wildman–Crippen MR) is 96.0 cm³/mol. The van der Waals surface area contributed by atoms with Gasteiger partial charge in [-0.25, -0.2) is 18.1 Å². The third-order valence-electron chi connectivity index (χ3n) is 4.48. The number of H-pyrrole nitrogens is 1. The minimum atomic E-state index is -4.31. The van der Waals surface area contributed by atoms with Crippen molar-refractivity contribution in [2.75, 3.05) is 6.61 Å². The van der Waals surface area contributed by atoms with Gasteiger partial charge in [-0.3, -0.25) is 23.4 Å². The third-order valence-corrected chi connectivity index (χ3v) is 5.79. The minimum Gasteiger partial charge on any atom is -0.404 e. The number of aliphatic hydroxyl groups is 1. The van der Waals surface area contributed by atoms with Gasteiger partial charge < -0.3 is 14.4 Å². The Bertz CT molecular complexity index is 1210. The molecule has 1 saturated heterocycles. The molecule has 2 aliphatic rings. The SMILES string of the molecule is [2H][C@@]1(n2cc(C)c(=O)[nH]c2=O)O[C@](F)(COP2(=O)OCc3cc(F)ccc3O2)C[C@H]1O. The zero-order chi connectivity index (χ0) is 22.6. The zero-order valence-corrected chi connectivity index (χ0v) is 16.4. The van der Waals surface area contributed by atoms with E-state index in [4.69, 9.17) is 19.7 Å². The Labute approximate surface area is 169 Å². The molecule has 3 heterocycles. The van der Waals surface area contributed by atoms with E-state index in [1.165, 1.54) is 13.0 Å². The number of ether oxygens (including phenoxy) is 1. The smallest absolute Gasteiger partial charge is 0.404 e. The van der Waals surface area contributed by atoms with E-state index in [2.05, 4.69) is 0 Å². The lowest BCUT2D eigenvalue weighted by atomic mass is 10.2. The van der Waals surface area contributed by atoms with Crippen molar-refractivity contribution in [3.05, 3.63) is 62.2 Å². The van der Waals surface area contributed by atoms with Crippen molar-refractivity contribution in [2.45, 2.75) is 38.1 Å². The van der Waals surface area contributed by atoms with Gasteiger partial charge >= 0.3 is 13.5 Å². The van der Waals surface area contributed by atoms with Gasteiger partial charge in [-0.15, -0.1) is 0 Å². The highest BCUT2D eigenvalue weighted by atomic mass is 31.2. The molecule has 0 saturated carbocycles. The highest BCUT2D eigenvalue weighted by molar-refractivity contribution is 7.49. The van der Waals surface area contributed by atoms with Gasteiger partial charge in [0, 0.05) is 23.7 Å². The third kappa shape index (κ3) is 3.96. The number of benzene rings is 1. The van der Waals surface area contributed by atoms with E-state index in [0.717, 1.165) is 18.3 Å². The van der Waals surface area contributed by atoms with Gasteiger partial charge in [-0.05, 0) is 25.1 Å². The van der Waals surface area contributed by atoms with Crippen molar-refractivity contribution in [2.24, 2.45) is 0 Å². The monoisotopic (exact) mass is 447 g/mol. The standard InChI is InChI=1S/C17H17F2N2O8P/c1-9-6-21(16(24)20-14(9)23)15-12(22)5-17(19,28-15)8-27-30(25)26-7-10-4-11(18)2-3-13(10)29-30/h2-4,6,12,15,22H,5,7-8H2,1H3,(H,20,23,24)/t12-,15-,17+,30?/m1/s1/i15D. The summed E-state index contributed by atoms with van der Waals surface area (Å²) in [5.41, 5.74) is -1.50. The summed E-state index contributed by atoms with van der Waals surface area (Å²) in [6.07, 6.45) is -4.34. The molecule has 10 nitrogen and oxygen atoms in total. The van der Waals surface area contributed by atoms with Crippen LogP contribution in [-0.4, -0.2) is 33.2 Å². The first-order valence-electron chi connectivity index (χ1n) is 9.20. The number of fused-ring (bicyclic) bond motifs is 1. The van der Waals surface area contributed by atoms with Crippen LogP contribution in [-0.2, 0) is 25.0 Å². The fourth-order valence-corrected chi connectivity index (χ4v) is 4.23. The molecule has 2 N–H and O–H groups in total. The van der Waals surface area contributed by atoms with Gasteiger partial charge in [0.25, 0.3) is 5.56 Å². The van der Waals surface area contributed by atoms with Gasteiger partial charge in [0.05, 0.1) is 7.98 Å². The van der Waals surface area contributed by atoms with Crippen molar-refractivity contribution in [1.82, 2.24) is 9.55 Å². The van der Waals surface area contributed by atoms with E-state index in [9.17, 15) is 23.7 Å². The lowest BCUT2D eigenvalue weighted by Gasteiger charge is -2.27. The lowest BCUT2D eigenvalue weighted by molar-refractivity contribution is -0.179. The van der Waals surface area contributed by atoms with Crippen LogP contribution in [0.3, 0.4) is 0 Å².